The largest absolute Gasteiger partial charge is 0.357 e. The van der Waals surface area contributed by atoms with Crippen LogP contribution in [-0.4, -0.2) is 24.1 Å². The number of aromatic nitrogens is 1. The highest BCUT2D eigenvalue weighted by Crippen LogP contribution is 2.22. The summed E-state index contributed by atoms with van der Waals surface area (Å²) in [6, 6.07) is 2.58. The molecule has 0 aliphatic rings. The fraction of sp³-hybridized carbons (Fsp3) is 0.706. The SMILES string of the molecule is CCC(CC)CN(CC)c1cc(CNC(C)C)c(Cl)cn1. The fourth-order valence-corrected chi connectivity index (χ4v) is 2.50. The maximum atomic E-state index is 6.27. The van der Waals surface area contributed by atoms with Crippen LogP contribution in [0, 0.1) is 5.92 Å². The predicted octanol–water partition coefficient (Wildman–Crippen LogP) is 4.50. The Kier molecular flexibility index (Phi) is 8.05. The molecule has 0 aromatic carbocycles. The number of nitrogens with zero attached hydrogens (tertiary/aromatic N) is 2. The van der Waals surface area contributed by atoms with Crippen molar-refractivity contribution in [2.45, 2.75) is 60.0 Å². The van der Waals surface area contributed by atoms with Crippen LogP contribution in [-0.2, 0) is 6.54 Å². The van der Waals surface area contributed by atoms with Crippen LogP contribution in [0.15, 0.2) is 12.3 Å². The summed E-state index contributed by atoms with van der Waals surface area (Å²) in [6.45, 7) is 13.8. The Balaban J connectivity index is 2.86. The lowest BCUT2D eigenvalue weighted by Crippen LogP contribution is -2.30. The number of hydrogen-bond acceptors (Lipinski definition) is 3. The van der Waals surface area contributed by atoms with Gasteiger partial charge in [-0.1, -0.05) is 52.1 Å². The van der Waals surface area contributed by atoms with Gasteiger partial charge in [-0.3, -0.25) is 0 Å². The Morgan fingerprint density at radius 3 is 2.43 bits per heavy atom. The van der Waals surface area contributed by atoms with Crippen molar-refractivity contribution in [2.75, 3.05) is 18.0 Å². The van der Waals surface area contributed by atoms with Gasteiger partial charge in [0.1, 0.15) is 5.82 Å². The summed E-state index contributed by atoms with van der Waals surface area (Å²) >= 11 is 6.27. The van der Waals surface area contributed by atoms with Gasteiger partial charge in [-0.2, -0.15) is 0 Å². The molecule has 0 bridgehead atoms. The molecule has 0 fully saturated rings. The number of nitrogens with one attached hydrogen (secondary N) is 1. The summed E-state index contributed by atoms with van der Waals surface area (Å²) in [5.41, 5.74) is 1.12. The second kappa shape index (κ2) is 9.26. The lowest BCUT2D eigenvalue weighted by molar-refractivity contribution is 0.484. The lowest BCUT2D eigenvalue weighted by atomic mass is 10.0. The first kappa shape index (κ1) is 18.2. The molecule has 0 atom stereocenters. The maximum Gasteiger partial charge on any atom is 0.128 e. The van der Waals surface area contributed by atoms with E-state index in [0.29, 0.717) is 6.04 Å². The highest BCUT2D eigenvalue weighted by atomic mass is 35.5. The molecule has 0 saturated carbocycles. The molecule has 1 aromatic rings. The molecule has 21 heavy (non-hydrogen) atoms. The Morgan fingerprint density at radius 1 is 1.24 bits per heavy atom. The van der Waals surface area contributed by atoms with E-state index in [0.717, 1.165) is 42.0 Å². The fourth-order valence-electron chi connectivity index (χ4n) is 2.33. The first-order chi connectivity index (χ1) is 10.0. The van der Waals surface area contributed by atoms with Gasteiger partial charge in [-0.25, -0.2) is 4.98 Å². The van der Waals surface area contributed by atoms with Crippen molar-refractivity contribution in [3.05, 3.63) is 22.8 Å². The molecule has 0 spiro atoms. The van der Waals surface area contributed by atoms with E-state index >= 15 is 0 Å². The number of hydrogen-bond donors (Lipinski definition) is 1. The number of halogens is 1. The summed E-state index contributed by atoms with van der Waals surface area (Å²) < 4.78 is 0. The van der Waals surface area contributed by atoms with Gasteiger partial charge in [0.05, 0.1) is 5.02 Å². The van der Waals surface area contributed by atoms with E-state index in [4.69, 9.17) is 11.6 Å². The van der Waals surface area contributed by atoms with Crippen LogP contribution in [0.4, 0.5) is 5.82 Å². The number of pyridine rings is 1. The third-order valence-corrected chi connectivity index (χ3v) is 4.30. The normalized spacial score (nSPS) is 11.4. The molecule has 0 radical (unpaired) electrons. The molecule has 1 heterocycles. The second-order valence-electron chi connectivity index (χ2n) is 5.89. The van der Waals surface area contributed by atoms with Crippen LogP contribution in [0.3, 0.4) is 0 Å². The van der Waals surface area contributed by atoms with Crippen LogP contribution < -0.4 is 10.2 Å². The van der Waals surface area contributed by atoms with E-state index in [2.05, 4.69) is 55.9 Å². The molecule has 3 nitrogen and oxygen atoms in total. The van der Waals surface area contributed by atoms with Crippen molar-refractivity contribution >= 4 is 17.4 Å². The highest BCUT2D eigenvalue weighted by Gasteiger charge is 2.13. The summed E-state index contributed by atoms with van der Waals surface area (Å²) in [5, 5.41) is 4.16. The van der Waals surface area contributed by atoms with E-state index in [-0.39, 0.29) is 0 Å². The van der Waals surface area contributed by atoms with Crippen molar-refractivity contribution in [3.8, 4) is 0 Å². The van der Waals surface area contributed by atoms with Gasteiger partial charge < -0.3 is 10.2 Å². The topological polar surface area (TPSA) is 28.2 Å². The van der Waals surface area contributed by atoms with Crippen LogP contribution in [0.5, 0.6) is 0 Å². The van der Waals surface area contributed by atoms with E-state index < -0.39 is 0 Å². The molecule has 0 aliphatic carbocycles. The average molecular weight is 312 g/mol. The van der Waals surface area contributed by atoms with Crippen molar-refractivity contribution in [1.82, 2.24) is 10.3 Å². The van der Waals surface area contributed by atoms with Gasteiger partial charge in [-0.15, -0.1) is 0 Å². The molecular formula is C17H30ClN3. The molecule has 0 unspecified atom stereocenters. The van der Waals surface area contributed by atoms with Gasteiger partial charge in [0.25, 0.3) is 0 Å². The van der Waals surface area contributed by atoms with E-state index in [1.165, 1.54) is 12.8 Å². The van der Waals surface area contributed by atoms with Crippen LogP contribution >= 0.6 is 11.6 Å². The Hall–Kier alpha value is -0.800. The standard InChI is InChI=1S/C17H30ClN3/c1-6-14(7-2)12-21(8-3)17-9-15(10-19-13(4)5)16(18)11-20-17/h9,11,13-14,19H,6-8,10,12H2,1-5H3. The number of rotatable bonds is 9. The molecule has 4 heteroatoms. The van der Waals surface area contributed by atoms with E-state index in [1.807, 2.05) is 0 Å². The maximum absolute atomic E-state index is 6.27. The molecule has 120 valence electrons. The molecular weight excluding hydrogens is 282 g/mol. The first-order valence-electron chi connectivity index (χ1n) is 8.14. The van der Waals surface area contributed by atoms with Gasteiger partial charge in [0.2, 0.25) is 0 Å². The summed E-state index contributed by atoms with van der Waals surface area (Å²) in [7, 11) is 0. The zero-order valence-corrected chi connectivity index (χ0v) is 14.9. The minimum atomic E-state index is 0.449. The monoisotopic (exact) mass is 311 g/mol. The molecule has 1 aromatic heterocycles. The lowest BCUT2D eigenvalue weighted by Gasteiger charge is -2.27. The third kappa shape index (κ3) is 5.84. The Labute approximate surface area is 135 Å². The zero-order chi connectivity index (χ0) is 15.8. The Bertz CT molecular complexity index is 416. The van der Waals surface area contributed by atoms with Crippen LogP contribution in [0.2, 0.25) is 5.02 Å². The van der Waals surface area contributed by atoms with E-state index in [1.54, 1.807) is 6.20 Å². The minimum Gasteiger partial charge on any atom is -0.357 e. The molecule has 0 saturated heterocycles. The van der Waals surface area contributed by atoms with Crippen molar-refractivity contribution in [1.29, 1.82) is 0 Å². The summed E-state index contributed by atoms with van der Waals surface area (Å²) in [6.07, 6.45) is 4.20. The van der Waals surface area contributed by atoms with Crippen molar-refractivity contribution < 1.29 is 0 Å². The predicted molar refractivity (Wildman–Crippen MR) is 93.2 cm³/mol. The minimum absolute atomic E-state index is 0.449. The van der Waals surface area contributed by atoms with Gasteiger partial charge >= 0.3 is 0 Å². The third-order valence-electron chi connectivity index (χ3n) is 3.96. The first-order valence-corrected chi connectivity index (χ1v) is 8.52. The van der Waals surface area contributed by atoms with Gasteiger partial charge in [-0.05, 0) is 24.5 Å². The Morgan fingerprint density at radius 2 is 1.90 bits per heavy atom. The molecule has 1 N–H and O–H groups in total. The molecule has 1 rings (SSSR count). The summed E-state index contributed by atoms with van der Waals surface area (Å²) in [4.78, 5) is 6.88. The zero-order valence-electron chi connectivity index (χ0n) is 14.1. The highest BCUT2D eigenvalue weighted by molar-refractivity contribution is 6.31. The van der Waals surface area contributed by atoms with Crippen LogP contribution in [0.1, 0.15) is 53.0 Å². The smallest absolute Gasteiger partial charge is 0.128 e. The molecule has 0 amide bonds. The molecule has 0 aliphatic heterocycles. The van der Waals surface area contributed by atoms with Crippen LogP contribution in [0.25, 0.3) is 0 Å². The average Bonchev–Trinajstić information content (AvgIpc) is 2.48. The van der Waals surface area contributed by atoms with Crippen molar-refractivity contribution in [3.63, 3.8) is 0 Å². The second-order valence-corrected chi connectivity index (χ2v) is 6.30. The van der Waals surface area contributed by atoms with E-state index in [9.17, 15) is 0 Å². The quantitative estimate of drug-likeness (QED) is 0.728. The summed E-state index contributed by atoms with van der Waals surface area (Å²) in [5.74, 6) is 1.76. The van der Waals surface area contributed by atoms with Gasteiger partial charge in [0.15, 0.2) is 0 Å². The van der Waals surface area contributed by atoms with Gasteiger partial charge in [0, 0.05) is 31.9 Å². The van der Waals surface area contributed by atoms with Crippen molar-refractivity contribution in [2.24, 2.45) is 5.92 Å². The number of anilines is 1.